The SMILES string of the molecule is CNC(=O)c1cc2c(s1)-c1cc(C)cc(C)c1CC2. The van der Waals surface area contributed by atoms with Gasteiger partial charge in [0.15, 0.2) is 0 Å². The Kier molecular flexibility index (Phi) is 2.94. The lowest BCUT2D eigenvalue weighted by atomic mass is 9.87. The average Bonchev–Trinajstić information content (AvgIpc) is 2.81. The van der Waals surface area contributed by atoms with Crippen LogP contribution in [0.5, 0.6) is 0 Å². The summed E-state index contributed by atoms with van der Waals surface area (Å²) in [5, 5.41) is 2.71. The number of benzene rings is 1. The van der Waals surface area contributed by atoms with Crippen LogP contribution in [0.3, 0.4) is 0 Å². The Morgan fingerprint density at radius 2 is 2.00 bits per heavy atom. The highest BCUT2D eigenvalue weighted by Crippen LogP contribution is 2.41. The van der Waals surface area contributed by atoms with Gasteiger partial charge in [0, 0.05) is 11.9 Å². The number of hydrogen-bond donors (Lipinski definition) is 1. The Bertz CT molecular complexity index is 670. The molecule has 98 valence electrons. The fraction of sp³-hybridized carbons (Fsp3) is 0.312. The molecule has 0 radical (unpaired) electrons. The van der Waals surface area contributed by atoms with Crippen LogP contribution in [0.4, 0.5) is 0 Å². The van der Waals surface area contributed by atoms with E-state index in [-0.39, 0.29) is 5.91 Å². The van der Waals surface area contributed by atoms with Crippen molar-refractivity contribution in [2.45, 2.75) is 26.7 Å². The van der Waals surface area contributed by atoms with Crippen molar-refractivity contribution in [1.29, 1.82) is 0 Å². The molecule has 3 heteroatoms. The maximum Gasteiger partial charge on any atom is 0.261 e. The van der Waals surface area contributed by atoms with Crippen LogP contribution in [0.1, 0.15) is 31.9 Å². The highest BCUT2D eigenvalue weighted by Gasteiger charge is 2.22. The first kappa shape index (κ1) is 12.4. The molecule has 1 heterocycles. The van der Waals surface area contributed by atoms with E-state index in [0.717, 1.165) is 17.7 Å². The Hall–Kier alpha value is -1.61. The lowest BCUT2D eigenvalue weighted by molar-refractivity contribution is 0.0967. The van der Waals surface area contributed by atoms with E-state index < -0.39 is 0 Å². The molecule has 19 heavy (non-hydrogen) atoms. The van der Waals surface area contributed by atoms with Gasteiger partial charge in [0.1, 0.15) is 0 Å². The van der Waals surface area contributed by atoms with E-state index in [1.54, 1.807) is 18.4 Å². The van der Waals surface area contributed by atoms with Gasteiger partial charge in [0.05, 0.1) is 4.88 Å². The monoisotopic (exact) mass is 271 g/mol. The zero-order chi connectivity index (χ0) is 13.6. The number of thiophene rings is 1. The molecule has 1 aromatic carbocycles. The van der Waals surface area contributed by atoms with E-state index in [9.17, 15) is 4.79 Å². The van der Waals surface area contributed by atoms with Crippen LogP contribution >= 0.6 is 11.3 Å². The third-order valence-corrected chi connectivity index (χ3v) is 4.98. The summed E-state index contributed by atoms with van der Waals surface area (Å²) in [6.07, 6.45) is 2.12. The molecule has 0 unspecified atom stereocenters. The quantitative estimate of drug-likeness (QED) is 0.845. The first-order chi connectivity index (χ1) is 9.10. The highest BCUT2D eigenvalue weighted by atomic mass is 32.1. The minimum atomic E-state index is 0.0188. The maximum atomic E-state index is 11.8. The number of carbonyl (C=O) groups excluding carboxylic acids is 1. The molecule has 1 amide bonds. The Labute approximate surface area is 117 Å². The predicted octanol–water partition coefficient (Wildman–Crippen LogP) is 3.49. The van der Waals surface area contributed by atoms with E-state index in [0.29, 0.717) is 0 Å². The topological polar surface area (TPSA) is 29.1 Å². The Morgan fingerprint density at radius 3 is 2.74 bits per heavy atom. The number of nitrogens with one attached hydrogen (secondary N) is 1. The molecule has 1 aliphatic rings. The third-order valence-electron chi connectivity index (χ3n) is 3.77. The molecular formula is C16H17NOS. The molecule has 0 aliphatic heterocycles. The molecule has 0 spiro atoms. The van der Waals surface area contributed by atoms with Crippen molar-refractivity contribution in [3.63, 3.8) is 0 Å². The molecule has 0 bridgehead atoms. The van der Waals surface area contributed by atoms with Gasteiger partial charge < -0.3 is 5.32 Å². The molecule has 0 atom stereocenters. The summed E-state index contributed by atoms with van der Waals surface area (Å²) < 4.78 is 0. The molecular weight excluding hydrogens is 254 g/mol. The van der Waals surface area contributed by atoms with E-state index in [1.807, 2.05) is 0 Å². The average molecular weight is 271 g/mol. The number of hydrogen-bond acceptors (Lipinski definition) is 2. The van der Waals surface area contributed by atoms with Crippen LogP contribution < -0.4 is 5.32 Å². The molecule has 0 fully saturated rings. The third kappa shape index (κ3) is 1.98. The normalized spacial score (nSPS) is 12.8. The van der Waals surface area contributed by atoms with Gasteiger partial charge in [-0.2, -0.15) is 0 Å². The molecule has 0 saturated heterocycles. The van der Waals surface area contributed by atoms with Gasteiger partial charge >= 0.3 is 0 Å². The van der Waals surface area contributed by atoms with Gasteiger partial charge in [-0.3, -0.25) is 4.79 Å². The minimum absolute atomic E-state index is 0.0188. The molecule has 1 aliphatic carbocycles. The van der Waals surface area contributed by atoms with Crippen molar-refractivity contribution in [1.82, 2.24) is 5.32 Å². The van der Waals surface area contributed by atoms with Crippen molar-refractivity contribution >= 4 is 17.2 Å². The molecule has 1 aromatic heterocycles. The second-order valence-electron chi connectivity index (χ2n) is 5.15. The summed E-state index contributed by atoms with van der Waals surface area (Å²) in [6.45, 7) is 4.32. The second kappa shape index (κ2) is 4.49. The zero-order valence-electron chi connectivity index (χ0n) is 11.5. The lowest BCUT2D eigenvalue weighted by Crippen LogP contribution is -2.16. The van der Waals surface area contributed by atoms with Crippen LogP contribution in [0.2, 0.25) is 0 Å². The van der Waals surface area contributed by atoms with Crippen LogP contribution in [-0.2, 0) is 12.8 Å². The number of rotatable bonds is 1. The molecule has 2 aromatic rings. The minimum Gasteiger partial charge on any atom is -0.354 e. The molecule has 1 N–H and O–H groups in total. The summed E-state index contributed by atoms with van der Waals surface area (Å²) >= 11 is 1.62. The smallest absolute Gasteiger partial charge is 0.261 e. The Morgan fingerprint density at radius 1 is 1.21 bits per heavy atom. The predicted molar refractivity (Wildman–Crippen MR) is 80.0 cm³/mol. The first-order valence-corrected chi connectivity index (χ1v) is 7.37. The summed E-state index contributed by atoms with van der Waals surface area (Å²) in [5.41, 5.74) is 6.76. The van der Waals surface area contributed by atoms with E-state index in [2.05, 4.69) is 37.4 Å². The van der Waals surface area contributed by atoms with Crippen LogP contribution in [-0.4, -0.2) is 13.0 Å². The van der Waals surface area contributed by atoms with Gasteiger partial charge in [0.25, 0.3) is 5.91 Å². The summed E-state index contributed by atoms with van der Waals surface area (Å²) in [5.74, 6) is 0.0188. The maximum absolute atomic E-state index is 11.8. The molecule has 0 saturated carbocycles. The number of carbonyl (C=O) groups is 1. The van der Waals surface area contributed by atoms with Gasteiger partial charge in [-0.15, -0.1) is 11.3 Å². The van der Waals surface area contributed by atoms with E-state index in [4.69, 9.17) is 0 Å². The lowest BCUT2D eigenvalue weighted by Gasteiger charge is -2.19. The zero-order valence-corrected chi connectivity index (χ0v) is 12.3. The largest absolute Gasteiger partial charge is 0.354 e. The van der Waals surface area contributed by atoms with Crippen molar-refractivity contribution < 1.29 is 4.79 Å². The number of amides is 1. The summed E-state index contributed by atoms with van der Waals surface area (Å²) in [7, 11) is 1.68. The Balaban J connectivity index is 2.18. The van der Waals surface area contributed by atoms with Crippen molar-refractivity contribution in [2.24, 2.45) is 0 Å². The van der Waals surface area contributed by atoms with Crippen LogP contribution in [0, 0.1) is 13.8 Å². The van der Waals surface area contributed by atoms with E-state index >= 15 is 0 Å². The standard InChI is InChI=1S/C16H17NOS/c1-9-6-10(2)12-5-4-11-8-14(16(18)17-3)19-15(11)13(12)7-9/h6-8H,4-5H2,1-3H3,(H,17,18). The highest BCUT2D eigenvalue weighted by molar-refractivity contribution is 7.17. The van der Waals surface area contributed by atoms with Gasteiger partial charge in [-0.25, -0.2) is 0 Å². The molecule has 3 rings (SSSR count). The van der Waals surface area contributed by atoms with Crippen LogP contribution in [0.25, 0.3) is 10.4 Å². The summed E-state index contributed by atoms with van der Waals surface area (Å²) in [4.78, 5) is 13.9. The van der Waals surface area contributed by atoms with Crippen LogP contribution in [0.15, 0.2) is 18.2 Å². The van der Waals surface area contributed by atoms with Crippen molar-refractivity contribution in [2.75, 3.05) is 7.05 Å². The fourth-order valence-corrected chi connectivity index (χ4v) is 4.07. The fourth-order valence-electron chi connectivity index (χ4n) is 2.87. The van der Waals surface area contributed by atoms with E-state index in [1.165, 1.54) is 32.7 Å². The second-order valence-corrected chi connectivity index (χ2v) is 6.20. The first-order valence-electron chi connectivity index (χ1n) is 6.55. The summed E-state index contributed by atoms with van der Waals surface area (Å²) in [6, 6.07) is 6.56. The van der Waals surface area contributed by atoms with Crippen molar-refractivity contribution in [3.05, 3.63) is 45.3 Å². The van der Waals surface area contributed by atoms with Gasteiger partial charge in [-0.05, 0) is 55.0 Å². The van der Waals surface area contributed by atoms with Crippen molar-refractivity contribution in [3.8, 4) is 10.4 Å². The number of aryl methyl sites for hydroxylation is 3. The van der Waals surface area contributed by atoms with Gasteiger partial charge in [0.2, 0.25) is 0 Å². The van der Waals surface area contributed by atoms with Gasteiger partial charge in [-0.1, -0.05) is 17.7 Å². The molecule has 2 nitrogen and oxygen atoms in total. The number of fused-ring (bicyclic) bond motifs is 3.